The van der Waals surface area contributed by atoms with Gasteiger partial charge in [0.05, 0.1) is 11.6 Å². The lowest BCUT2D eigenvalue weighted by Gasteiger charge is -2.09. The van der Waals surface area contributed by atoms with Crippen molar-refractivity contribution in [1.82, 2.24) is 9.78 Å². The van der Waals surface area contributed by atoms with Crippen molar-refractivity contribution in [1.29, 1.82) is 0 Å². The monoisotopic (exact) mass is 503 g/mol. The fraction of sp³-hybridized carbons (Fsp3) is 0.0833. The van der Waals surface area contributed by atoms with E-state index in [9.17, 15) is 9.18 Å². The minimum Gasteiger partial charge on any atom is -0.487 e. The lowest BCUT2D eigenvalue weighted by molar-refractivity contribution is 0.102. The summed E-state index contributed by atoms with van der Waals surface area (Å²) in [5, 5.41) is 8.25. The molecule has 4 aromatic rings. The molecule has 0 bridgehead atoms. The Morgan fingerprint density at radius 2 is 1.76 bits per heavy atom. The van der Waals surface area contributed by atoms with Gasteiger partial charge in [-0.25, -0.2) is 4.39 Å². The summed E-state index contributed by atoms with van der Waals surface area (Å²) < 4.78 is 20.4. The third-order valence-corrected chi connectivity index (χ3v) is 5.49. The third kappa shape index (κ3) is 6.05. The Labute approximate surface area is 204 Å². The molecule has 1 aromatic heterocycles. The van der Waals surface area contributed by atoms with Crippen LogP contribution in [0.4, 0.5) is 10.2 Å². The largest absolute Gasteiger partial charge is 0.487 e. The highest BCUT2D eigenvalue weighted by atomic mass is 35.5. The Morgan fingerprint density at radius 1 is 0.970 bits per heavy atom. The number of ether oxygens (including phenoxy) is 1. The maximum absolute atomic E-state index is 13.1. The molecule has 1 amide bonds. The van der Waals surface area contributed by atoms with Gasteiger partial charge in [-0.2, -0.15) is 5.10 Å². The summed E-state index contributed by atoms with van der Waals surface area (Å²) in [5.41, 5.74) is 2.05. The van der Waals surface area contributed by atoms with Gasteiger partial charge >= 0.3 is 0 Å². The van der Waals surface area contributed by atoms with Crippen molar-refractivity contribution in [3.05, 3.63) is 111 Å². The summed E-state index contributed by atoms with van der Waals surface area (Å²) in [6, 6.07) is 18.0. The predicted molar refractivity (Wildman–Crippen MR) is 128 cm³/mol. The summed E-state index contributed by atoms with van der Waals surface area (Å²) in [6.45, 7) is 0.603. The number of anilines is 1. The zero-order valence-electron chi connectivity index (χ0n) is 17.1. The summed E-state index contributed by atoms with van der Waals surface area (Å²) >= 11 is 18.3. The highest BCUT2D eigenvalue weighted by Gasteiger charge is 2.13. The van der Waals surface area contributed by atoms with Crippen LogP contribution < -0.4 is 10.1 Å². The molecule has 1 N–H and O–H groups in total. The van der Waals surface area contributed by atoms with Gasteiger partial charge in [0.25, 0.3) is 5.91 Å². The second-order valence-electron chi connectivity index (χ2n) is 7.17. The highest BCUT2D eigenvalue weighted by molar-refractivity contribution is 6.35. The average molecular weight is 505 g/mol. The van der Waals surface area contributed by atoms with E-state index >= 15 is 0 Å². The van der Waals surface area contributed by atoms with Crippen LogP contribution in [0.1, 0.15) is 21.5 Å². The molecular formula is C24H17Cl3FN3O2. The number of halogens is 4. The van der Waals surface area contributed by atoms with Crippen LogP contribution in [-0.4, -0.2) is 15.7 Å². The van der Waals surface area contributed by atoms with Crippen molar-refractivity contribution in [3.63, 3.8) is 0 Å². The number of aromatic nitrogens is 2. The van der Waals surface area contributed by atoms with Crippen molar-refractivity contribution < 1.29 is 13.9 Å². The predicted octanol–water partition coefficient (Wildman–Crippen LogP) is 6.86. The standard InChI is InChI=1S/C24H17Cl3FN3O2/c25-18-6-9-22(20(26)11-18)33-14-16-2-1-3-17(10-16)24(32)29-23-21(27)13-31(30-23)12-15-4-7-19(28)8-5-15/h1-11,13H,12,14H2,(H,29,30,32). The lowest BCUT2D eigenvalue weighted by atomic mass is 10.1. The fourth-order valence-electron chi connectivity index (χ4n) is 3.08. The van der Waals surface area contributed by atoms with E-state index < -0.39 is 0 Å². The zero-order valence-corrected chi connectivity index (χ0v) is 19.3. The van der Waals surface area contributed by atoms with Crippen molar-refractivity contribution >= 4 is 46.5 Å². The first kappa shape index (κ1) is 23.1. The van der Waals surface area contributed by atoms with Gasteiger partial charge in [-0.05, 0) is 53.6 Å². The number of hydrogen-bond donors (Lipinski definition) is 1. The molecule has 0 spiro atoms. The van der Waals surface area contributed by atoms with Gasteiger partial charge < -0.3 is 10.1 Å². The first-order chi connectivity index (χ1) is 15.9. The van der Waals surface area contributed by atoms with Crippen LogP contribution in [0.15, 0.2) is 72.9 Å². The van der Waals surface area contributed by atoms with E-state index in [1.807, 2.05) is 6.07 Å². The normalized spacial score (nSPS) is 10.8. The van der Waals surface area contributed by atoms with Gasteiger partial charge in [0.2, 0.25) is 0 Å². The van der Waals surface area contributed by atoms with Crippen molar-refractivity contribution in [2.75, 3.05) is 5.32 Å². The van der Waals surface area contributed by atoms with E-state index in [2.05, 4.69) is 10.4 Å². The number of nitrogens with one attached hydrogen (secondary N) is 1. The maximum atomic E-state index is 13.1. The molecule has 0 radical (unpaired) electrons. The van der Waals surface area contributed by atoms with Gasteiger partial charge in [-0.3, -0.25) is 9.48 Å². The molecule has 5 nitrogen and oxygen atoms in total. The third-order valence-electron chi connectivity index (χ3n) is 4.68. The summed E-state index contributed by atoms with van der Waals surface area (Å²) in [5.74, 6) is 0.0529. The van der Waals surface area contributed by atoms with E-state index in [1.165, 1.54) is 12.1 Å². The summed E-state index contributed by atoms with van der Waals surface area (Å²) in [4.78, 5) is 12.8. The summed E-state index contributed by atoms with van der Waals surface area (Å²) in [7, 11) is 0. The van der Waals surface area contributed by atoms with Gasteiger partial charge in [0.15, 0.2) is 5.82 Å². The number of benzene rings is 3. The molecule has 0 saturated carbocycles. The van der Waals surface area contributed by atoms with Crippen LogP contribution in [0.2, 0.25) is 15.1 Å². The van der Waals surface area contributed by atoms with Crippen LogP contribution in [0.25, 0.3) is 0 Å². The Bertz CT molecular complexity index is 1290. The van der Waals surface area contributed by atoms with Crippen molar-refractivity contribution in [3.8, 4) is 5.75 Å². The number of rotatable bonds is 7. The first-order valence-electron chi connectivity index (χ1n) is 9.83. The van der Waals surface area contributed by atoms with Crippen molar-refractivity contribution in [2.24, 2.45) is 0 Å². The molecule has 4 rings (SSSR count). The van der Waals surface area contributed by atoms with E-state index in [0.717, 1.165) is 11.1 Å². The van der Waals surface area contributed by atoms with Crippen LogP contribution in [0.3, 0.4) is 0 Å². The van der Waals surface area contributed by atoms with Crippen LogP contribution in [0.5, 0.6) is 5.75 Å². The number of hydrogen-bond acceptors (Lipinski definition) is 3. The molecule has 0 fully saturated rings. The molecule has 1 heterocycles. The molecule has 3 aromatic carbocycles. The Hall–Kier alpha value is -3.06. The van der Waals surface area contributed by atoms with Crippen molar-refractivity contribution in [2.45, 2.75) is 13.2 Å². The second kappa shape index (κ2) is 10.3. The Kier molecular flexibility index (Phi) is 7.18. The van der Waals surface area contributed by atoms with E-state index in [4.69, 9.17) is 39.5 Å². The average Bonchev–Trinajstić information content (AvgIpc) is 3.13. The molecule has 168 valence electrons. The minimum atomic E-state index is -0.365. The van der Waals surface area contributed by atoms with Gasteiger partial charge in [0.1, 0.15) is 23.2 Å². The van der Waals surface area contributed by atoms with E-state index in [0.29, 0.717) is 32.9 Å². The van der Waals surface area contributed by atoms with Gasteiger partial charge in [-0.15, -0.1) is 0 Å². The highest BCUT2D eigenvalue weighted by Crippen LogP contribution is 2.28. The SMILES string of the molecule is O=C(Nc1nn(Cc2ccc(F)cc2)cc1Cl)c1cccc(COc2ccc(Cl)cc2Cl)c1. The molecule has 0 aliphatic rings. The molecule has 9 heteroatoms. The molecule has 0 saturated heterocycles. The number of carbonyl (C=O) groups is 1. The molecular weight excluding hydrogens is 488 g/mol. The Balaban J connectivity index is 1.41. The van der Waals surface area contributed by atoms with Gasteiger partial charge in [-0.1, -0.05) is 59.1 Å². The molecule has 33 heavy (non-hydrogen) atoms. The molecule has 0 aliphatic heterocycles. The quantitative estimate of drug-likeness (QED) is 0.299. The van der Waals surface area contributed by atoms with Crippen LogP contribution in [-0.2, 0) is 13.2 Å². The summed E-state index contributed by atoms with van der Waals surface area (Å²) in [6.07, 6.45) is 1.60. The first-order valence-corrected chi connectivity index (χ1v) is 11.0. The lowest BCUT2D eigenvalue weighted by Crippen LogP contribution is -2.13. The topological polar surface area (TPSA) is 56.2 Å². The van der Waals surface area contributed by atoms with Crippen LogP contribution >= 0.6 is 34.8 Å². The number of nitrogens with zero attached hydrogens (tertiary/aromatic N) is 2. The fourth-order valence-corrected chi connectivity index (χ4v) is 3.74. The smallest absolute Gasteiger partial charge is 0.256 e. The van der Waals surface area contributed by atoms with Crippen LogP contribution in [0, 0.1) is 5.82 Å². The van der Waals surface area contributed by atoms with Gasteiger partial charge in [0, 0.05) is 16.8 Å². The second-order valence-corrected chi connectivity index (χ2v) is 8.42. The number of carbonyl (C=O) groups excluding carboxylic acids is 1. The number of amides is 1. The van der Waals surface area contributed by atoms with E-state index in [1.54, 1.807) is 59.4 Å². The molecule has 0 aliphatic carbocycles. The maximum Gasteiger partial charge on any atom is 0.256 e. The molecule has 0 unspecified atom stereocenters. The molecule has 0 atom stereocenters. The van der Waals surface area contributed by atoms with E-state index in [-0.39, 0.29) is 24.1 Å². The minimum absolute atomic E-state index is 0.218. The zero-order chi connectivity index (χ0) is 23.4. The Morgan fingerprint density at radius 3 is 2.52 bits per heavy atom.